The normalized spacial score (nSPS) is 10.5. The summed E-state index contributed by atoms with van der Waals surface area (Å²) in [4.78, 5) is 12.0. The van der Waals surface area contributed by atoms with Gasteiger partial charge in [-0.2, -0.15) is 0 Å². The average Bonchev–Trinajstić information content (AvgIpc) is 2.94. The fourth-order valence-corrected chi connectivity index (χ4v) is 2.20. The minimum atomic E-state index is 0.546. The monoisotopic (exact) mass is 276 g/mol. The number of aromatic nitrogens is 3. The van der Waals surface area contributed by atoms with Crippen LogP contribution in [0.5, 0.6) is 0 Å². The number of hydrogen-bond acceptors (Lipinski definition) is 3. The maximum absolute atomic E-state index is 4.50. The van der Waals surface area contributed by atoms with Crippen molar-refractivity contribution in [2.75, 3.05) is 5.32 Å². The van der Waals surface area contributed by atoms with E-state index in [4.69, 9.17) is 0 Å². The van der Waals surface area contributed by atoms with Crippen LogP contribution in [-0.2, 0) is 0 Å². The predicted molar refractivity (Wildman–Crippen MR) is 88.4 cm³/mol. The zero-order valence-corrected chi connectivity index (χ0v) is 11.9. The summed E-state index contributed by atoms with van der Waals surface area (Å²) in [6.45, 7) is 9.64. The van der Waals surface area contributed by atoms with Crippen LogP contribution in [0, 0.1) is 0 Å². The molecule has 0 aliphatic rings. The number of anilines is 2. The van der Waals surface area contributed by atoms with Gasteiger partial charge in [0.1, 0.15) is 0 Å². The van der Waals surface area contributed by atoms with Gasteiger partial charge in [-0.15, -0.1) is 0 Å². The molecule has 0 atom stereocenters. The highest BCUT2D eigenvalue weighted by Gasteiger charge is 2.06. The molecule has 0 bridgehead atoms. The van der Waals surface area contributed by atoms with E-state index >= 15 is 0 Å². The molecule has 0 unspecified atom stereocenters. The van der Waals surface area contributed by atoms with Crippen molar-refractivity contribution >= 4 is 34.2 Å². The van der Waals surface area contributed by atoms with Crippen molar-refractivity contribution in [2.24, 2.45) is 0 Å². The number of benzene rings is 1. The van der Waals surface area contributed by atoms with E-state index in [9.17, 15) is 0 Å². The summed E-state index contributed by atoms with van der Waals surface area (Å²) in [5.41, 5.74) is 4.58. The van der Waals surface area contributed by atoms with Crippen LogP contribution in [0.25, 0.3) is 22.6 Å². The largest absolute Gasteiger partial charge is 0.361 e. The van der Waals surface area contributed by atoms with E-state index in [-0.39, 0.29) is 0 Å². The first-order chi connectivity index (χ1) is 10.2. The second kappa shape index (κ2) is 5.25. The van der Waals surface area contributed by atoms with Crippen LogP contribution >= 0.6 is 0 Å². The summed E-state index contributed by atoms with van der Waals surface area (Å²) >= 11 is 0. The highest BCUT2D eigenvalue weighted by Crippen LogP contribution is 2.22. The Labute approximate surface area is 123 Å². The molecule has 4 nitrogen and oxygen atoms in total. The second-order valence-electron chi connectivity index (χ2n) is 4.89. The van der Waals surface area contributed by atoms with Gasteiger partial charge in [0.25, 0.3) is 0 Å². The highest BCUT2D eigenvalue weighted by atomic mass is 15.1. The summed E-state index contributed by atoms with van der Waals surface area (Å²) in [5, 5.41) is 4.39. The molecule has 0 spiro atoms. The highest BCUT2D eigenvalue weighted by molar-refractivity contribution is 5.83. The third kappa shape index (κ3) is 2.56. The van der Waals surface area contributed by atoms with Crippen LogP contribution in [0.4, 0.5) is 11.6 Å². The van der Waals surface area contributed by atoms with Crippen molar-refractivity contribution in [1.29, 1.82) is 0 Å². The van der Waals surface area contributed by atoms with Gasteiger partial charge in [0, 0.05) is 29.2 Å². The van der Waals surface area contributed by atoms with Gasteiger partial charge in [0.15, 0.2) is 0 Å². The zero-order valence-electron chi connectivity index (χ0n) is 11.9. The van der Waals surface area contributed by atoms with Crippen LogP contribution in [0.2, 0.25) is 0 Å². The van der Waals surface area contributed by atoms with Crippen molar-refractivity contribution in [2.45, 2.75) is 6.92 Å². The molecular formula is C17H16N4. The van der Waals surface area contributed by atoms with Crippen LogP contribution in [-0.4, -0.2) is 15.0 Å². The molecule has 2 N–H and O–H groups in total. The number of allylic oxidation sites excluding steroid dienone is 1. The molecule has 0 aliphatic heterocycles. The number of aromatic amines is 1. The molecule has 3 aromatic rings. The summed E-state index contributed by atoms with van der Waals surface area (Å²) in [6.07, 6.45) is 5.40. The maximum atomic E-state index is 4.50. The number of nitrogens with zero attached hydrogens (tertiary/aromatic N) is 2. The van der Waals surface area contributed by atoms with Crippen LogP contribution < -0.4 is 5.32 Å². The van der Waals surface area contributed by atoms with Gasteiger partial charge < -0.3 is 10.3 Å². The summed E-state index contributed by atoms with van der Waals surface area (Å²) in [7, 11) is 0. The van der Waals surface area contributed by atoms with Gasteiger partial charge in [-0.25, -0.2) is 9.97 Å². The first-order valence-electron chi connectivity index (χ1n) is 6.67. The molecule has 2 aromatic heterocycles. The van der Waals surface area contributed by atoms with E-state index in [0.29, 0.717) is 5.95 Å². The van der Waals surface area contributed by atoms with Crippen LogP contribution in [0.1, 0.15) is 18.2 Å². The Morgan fingerprint density at radius 1 is 1.33 bits per heavy atom. The fourth-order valence-electron chi connectivity index (χ4n) is 2.20. The number of H-pyrrole nitrogens is 1. The molecule has 0 saturated heterocycles. The maximum Gasteiger partial charge on any atom is 0.227 e. The summed E-state index contributed by atoms with van der Waals surface area (Å²) in [5.74, 6) is 0.546. The van der Waals surface area contributed by atoms with E-state index in [1.165, 1.54) is 5.39 Å². The standard InChI is InChI=1S/C17H16N4/c1-4-12-10-19-17(21-16(12)11(2)3)20-14-6-5-13-7-8-18-15(13)9-14/h4-10,18H,1-2H2,3H3,(H,19,20,21). The van der Waals surface area contributed by atoms with Crippen molar-refractivity contribution in [3.05, 3.63) is 61.1 Å². The summed E-state index contributed by atoms with van der Waals surface area (Å²) in [6, 6.07) is 8.11. The molecule has 0 aliphatic carbocycles. The quantitative estimate of drug-likeness (QED) is 0.743. The second-order valence-corrected chi connectivity index (χ2v) is 4.89. The van der Waals surface area contributed by atoms with E-state index in [1.807, 2.05) is 37.4 Å². The number of fused-ring (bicyclic) bond motifs is 1. The lowest BCUT2D eigenvalue weighted by Crippen LogP contribution is -2.01. The predicted octanol–water partition coefficient (Wildman–Crippen LogP) is 4.38. The minimum Gasteiger partial charge on any atom is -0.361 e. The van der Waals surface area contributed by atoms with E-state index in [0.717, 1.165) is 28.0 Å². The first kappa shape index (κ1) is 13.1. The Balaban J connectivity index is 1.95. The molecular weight excluding hydrogens is 260 g/mol. The number of hydrogen-bond donors (Lipinski definition) is 2. The molecule has 104 valence electrons. The molecule has 21 heavy (non-hydrogen) atoms. The number of rotatable bonds is 4. The van der Waals surface area contributed by atoms with Crippen molar-refractivity contribution in [1.82, 2.24) is 15.0 Å². The van der Waals surface area contributed by atoms with Crippen molar-refractivity contribution in [3.8, 4) is 0 Å². The fraction of sp³-hybridized carbons (Fsp3) is 0.0588. The molecule has 4 heteroatoms. The third-order valence-electron chi connectivity index (χ3n) is 3.25. The molecule has 2 heterocycles. The minimum absolute atomic E-state index is 0.546. The Morgan fingerprint density at radius 2 is 2.19 bits per heavy atom. The van der Waals surface area contributed by atoms with Gasteiger partial charge in [-0.05, 0) is 36.1 Å². The van der Waals surface area contributed by atoms with Gasteiger partial charge in [-0.1, -0.05) is 25.3 Å². The van der Waals surface area contributed by atoms with Crippen LogP contribution in [0.15, 0.2) is 49.8 Å². The zero-order chi connectivity index (χ0) is 14.8. The van der Waals surface area contributed by atoms with E-state index in [1.54, 1.807) is 12.3 Å². The molecule has 0 fully saturated rings. The Hall–Kier alpha value is -2.88. The van der Waals surface area contributed by atoms with Crippen LogP contribution in [0.3, 0.4) is 0 Å². The smallest absolute Gasteiger partial charge is 0.227 e. The van der Waals surface area contributed by atoms with E-state index in [2.05, 4.69) is 33.4 Å². The first-order valence-corrected chi connectivity index (χ1v) is 6.67. The van der Waals surface area contributed by atoms with Crippen molar-refractivity contribution < 1.29 is 0 Å². The van der Waals surface area contributed by atoms with E-state index < -0.39 is 0 Å². The SMILES string of the molecule is C=Cc1cnc(Nc2ccc3cc[nH]c3c2)nc1C(=C)C. The molecule has 0 amide bonds. The molecule has 3 rings (SSSR count). The average molecular weight is 276 g/mol. The third-order valence-corrected chi connectivity index (χ3v) is 3.25. The topological polar surface area (TPSA) is 53.6 Å². The number of nitrogens with one attached hydrogen (secondary N) is 2. The lowest BCUT2D eigenvalue weighted by Gasteiger charge is -2.09. The molecule has 1 aromatic carbocycles. The lowest BCUT2D eigenvalue weighted by molar-refractivity contribution is 1.13. The Bertz CT molecular complexity index is 830. The van der Waals surface area contributed by atoms with Crippen molar-refractivity contribution in [3.63, 3.8) is 0 Å². The van der Waals surface area contributed by atoms with Gasteiger partial charge in [0.05, 0.1) is 5.69 Å². The lowest BCUT2D eigenvalue weighted by atomic mass is 10.1. The summed E-state index contributed by atoms with van der Waals surface area (Å²) < 4.78 is 0. The van der Waals surface area contributed by atoms with Gasteiger partial charge in [-0.3, -0.25) is 0 Å². The molecule has 0 radical (unpaired) electrons. The Morgan fingerprint density at radius 3 is 2.95 bits per heavy atom. The van der Waals surface area contributed by atoms with Gasteiger partial charge >= 0.3 is 0 Å². The molecule has 0 saturated carbocycles. The Kier molecular flexibility index (Phi) is 3.28. The van der Waals surface area contributed by atoms with Gasteiger partial charge in [0.2, 0.25) is 5.95 Å².